The van der Waals surface area contributed by atoms with E-state index in [0.29, 0.717) is 36.5 Å². The van der Waals surface area contributed by atoms with E-state index in [1.165, 1.54) is 6.92 Å². The highest BCUT2D eigenvalue weighted by Gasteiger charge is 2.67. The van der Waals surface area contributed by atoms with E-state index < -0.39 is 5.60 Å². The lowest BCUT2D eigenvalue weighted by molar-refractivity contribution is -0.188. The minimum Gasteiger partial charge on any atom is -0.451 e. The molecule has 3 fully saturated rings. The second-order valence-electron chi connectivity index (χ2n) is 9.99. The molecule has 4 aliphatic rings. The Labute approximate surface area is 162 Å². The van der Waals surface area contributed by atoms with Gasteiger partial charge in [-0.1, -0.05) is 19.9 Å². The molecular weight excluding hydrogens is 340 g/mol. The summed E-state index contributed by atoms with van der Waals surface area (Å²) in [6.07, 6.45) is 10.5. The van der Waals surface area contributed by atoms with E-state index in [4.69, 9.17) is 4.74 Å². The zero-order chi connectivity index (χ0) is 19.6. The maximum atomic E-state index is 12.7. The number of allylic oxidation sites excluding steroid dienone is 2. The fourth-order valence-electron chi connectivity index (χ4n) is 7.70. The maximum Gasteiger partial charge on any atom is 0.303 e. The van der Waals surface area contributed by atoms with Crippen LogP contribution < -0.4 is 0 Å². The number of ether oxygens (including phenoxy) is 1. The van der Waals surface area contributed by atoms with Gasteiger partial charge < -0.3 is 4.74 Å². The quantitative estimate of drug-likeness (QED) is 0.679. The molecule has 0 N–H and O–H groups in total. The second-order valence-corrected chi connectivity index (χ2v) is 9.99. The molecule has 0 bridgehead atoms. The first kappa shape index (κ1) is 18.9. The van der Waals surface area contributed by atoms with Crippen molar-refractivity contribution in [2.75, 3.05) is 0 Å². The van der Waals surface area contributed by atoms with Crippen molar-refractivity contribution in [3.8, 4) is 0 Å². The van der Waals surface area contributed by atoms with Crippen LogP contribution in [-0.2, 0) is 19.1 Å². The van der Waals surface area contributed by atoms with Crippen molar-refractivity contribution in [1.82, 2.24) is 0 Å². The van der Waals surface area contributed by atoms with Crippen LogP contribution in [0.25, 0.3) is 0 Å². The molecule has 4 nitrogen and oxygen atoms in total. The molecule has 3 saturated carbocycles. The van der Waals surface area contributed by atoms with Gasteiger partial charge >= 0.3 is 5.97 Å². The van der Waals surface area contributed by atoms with Gasteiger partial charge in [-0.2, -0.15) is 0 Å². The number of Topliss-reactive ketones (excluding diaryl/α,β-unsaturated/α-hetero) is 1. The Morgan fingerprint density at radius 1 is 1.04 bits per heavy atom. The number of carbonyl (C=O) groups is 3. The number of rotatable bonds is 2. The molecule has 1 unspecified atom stereocenters. The molecule has 0 aromatic rings. The van der Waals surface area contributed by atoms with E-state index in [0.717, 1.165) is 32.1 Å². The third-order valence-corrected chi connectivity index (χ3v) is 9.05. The van der Waals surface area contributed by atoms with E-state index in [9.17, 15) is 14.4 Å². The predicted octanol–water partition coefficient (Wildman–Crippen LogP) is 4.27. The van der Waals surface area contributed by atoms with Crippen molar-refractivity contribution in [2.24, 2.45) is 34.5 Å². The Balaban J connectivity index is 1.70. The van der Waals surface area contributed by atoms with E-state index in [1.54, 1.807) is 13.0 Å². The van der Waals surface area contributed by atoms with Crippen molar-refractivity contribution < 1.29 is 19.1 Å². The lowest BCUT2D eigenvalue weighted by Crippen LogP contribution is -2.59. The average Bonchev–Trinajstić information content (AvgIpc) is 2.89. The van der Waals surface area contributed by atoms with Gasteiger partial charge in [0.05, 0.1) is 0 Å². The largest absolute Gasteiger partial charge is 0.451 e. The minimum absolute atomic E-state index is 0.00390. The highest BCUT2D eigenvalue weighted by atomic mass is 16.6. The first-order valence-corrected chi connectivity index (χ1v) is 10.6. The van der Waals surface area contributed by atoms with Crippen LogP contribution in [0.5, 0.6) is 0 Å². The van der Waals surface area contributed by atoms with Crippen LogP contribution in [0.2, 0.25) is 0 Å². The SMILES string of the molecule is CC(=O)O[C@]1(C(C)=O)CC[C@H]2[C@@H]3CCC4CC(=O)C=C[C@]4(C)[C@H]3CC[C@@]21C. The van der Waals surface area contributed by atoms with E-state index in [1.807, 2.05) is 0 Å². The topological polar surface area (TPSA) is 60.4 Å². The maximum absolute atomic E-state index is 12.7. The zero-order valence-corrected chi connectivity index (χ0v) is 17.0. The first-order valence-electron chi connectivity index (χ1n) is 10.6. The first-order chi connectivity index (χ1) is 12.6. The number of ketones is 2. The zero-order valence-electron chi connectivity index (χ0n) is 17.0. The molecule has 4 aliphatic carbocycles. The number of hydrogen-bond acceptors (Lipinski definition) is 4. The number of fused-ring (bicyclic) bond motifs is 5. The number of carbonyl (C=O) groups excluding carboxylic acids is 3. The van der Waals surface area contributed by atoms with Gasteiger partial charge in [-0.05, 0) is 80.6 Å². The summed E-state index contributed by atoms with van der Waals surface area (Å²) in [7, 11) is 0. The summed E-state index contributed by atoms with van der Waals surface area (Å²) in [4.78, 5) is 36.5. The second kappa shape index (κ2) is 6.02. The van der Waals surface area contributed by atoms with Gasteiger partial charge in [0.1, 0.15) is 0 Å². The molecule has 0 aromatic carbocycles. The minimum atomic E-state index is -0.954. The Kier molecular flexibility index (Phi) is 4.21. The Morgan fingerprint density at radius 3 is 2.41 bits per heavy atom. The molecule has 4 rings (SSSR count). The fourth-order valence-corrected chi connectivity index (χ4v) is 7.70. The molecule has 0 spiro atoms. The van der Waals surface area contributed by atoms with Gasteiger partial charge in [0.25, 0.3) is 0 Å². The van der Waals surface area contributed by atoms with E-state index in [-0.39, 0.29) is 28.4 Å². The van der Waals surface area contributed by atoms with E-state index in [2.05, 4.69) is 19.9 Å². The molecule has 7 atom stereocenters. The van der Waals surface area contributed by atoms with Gasteiger partial charge in [0.2, 0.25) is 0 Å². The van der Waals surface area contributed by atoms with Gasteiger partial charge in [-0.15, -0.1) is 0 Å². The lowest BCUT2D eigenvalue weighted by Gasteiger charge is -2.59. The molecule has 0 aromatic heterocycles. The molecule has 0 radical (unpaired) electrons. The van der Waals surface area contributed by atoms with Gasteiger partial charge in [0.15, 0.2) is 17.2 Å². The van der Waals surface area contributed by atoms with Crippen LogP contribution in [0.15, 0.2) is 12.2 Å². The Hall–Kier alpha value is -1.45. The molecule has 148 valence electrons. The smallest absolute Gasteiger partial charge is 0.303 e. The number of hydrogen-bond donors (Lipinski definition) is 0. The van der Waals surface area contributed by atoms with Crippen LogP contribution in [0.4, 0.5) is 0 Å². The Morgan fingerprint density at radius 2 is 1.74 bits per heavy atom. The molecule has 4 heteroatoms. The average molecular weight is 373 g/mol. The Bertz CT molecular complexity index is 724. The van der Waals surface area contributed by atoms with Crippen LogP contribution in [0.3, 0.4) is 0 Å². The molecule has 0 aliphatic heterocycles. The highest BCUT2D eigenvalue weighted by Crippen LogP contribution is 2.68. The molecule has 0 heterocycles. The predicted molar refractivity (Wildman–Crippen MR) is 102 cm³/mol. The summed E-state index contributed by atoms with van der Waals surface area (Å²) >= 11 is 0. The van der Waals surface area contributed by atoms with Crippen molar-refractivity contribution in [3.63, 3.8) is 0 Å². The summed E-state index contributed by atoms with van der Waals surface area (Å²) in [6, 6.07) is 0. The summed E-state index contributed by atoms with van der Waals surface area (Å²) in [5.41, 5.74) is -1.14. The van der Waals surface area contributed by atoms with Crippen LogP contribution in [0.1, 0.15) is 72.6 Å². The summed E-state index contributed by atoms with van der Waals surface area (Å²) in [6.45, 7) is 7.55. The van der Waals surface area contributed by atoms with Gasteiger partial charge in [0, 0.05) is 18.8 Å². The summed E-state index contributed by atoms with van der Waals surface area (Å²) in [5, 5.41) is 0. The van der Waals surface area contributed by atoms with Crippen molar-refractivity contribution in [1.29, 1.82) is 0 Å². The monoisotopic (exact) mass is 372 g/mol. The van der Waals surface area contributed by atoms with E-state index >= 15 is 0 Å². The number of esters is 1. The van der Waals surface area contributed by atoms with Crippen LogP contribution in [0, 0.1) is 34.5 Å². The van der Waals surface area contributed by atoms with Crippen LogP contribution >= 0.6 is 0 Å². The summed E-state index contributed by atoms with van der Waals surface area (Å²) in [5.74, 6) is 1.88. The lowest BCUT2D eigenvalue weighted by atomic mass is 9.45. The summed E-state index contributed by atoms with van der Waals surface area (Å²) < 4.78 is 5.81. The van der Waals surface area contributed by atoms with Gasteiger partial charge in [-0.3, -0.25) is 14.4 Å². The fraction of sp³-hybridized carbons (Fsp3) is 0.783. The van der Waals surface area contributed by atoms with Crippen molar-refractivity contribution in [3.05, 3.63) is 12.2 Å². The molecule has 27 heavy (non-hydrogen) atoms. The third kappa shape index (κ3) is 2.44. The normalized spacial score (nSPS) is 48.4. The van der Waals surface area contributed by atoms with Crippen molar-refractivity contribution in [2.45, 2.75) is 78.2 Å². The highest BCUT2D eigenvalue weighted by molar-refractivity contribution is 5.91. The van der Waals surface area contributed by atoms with Gasteiger partial charge in [-0.25, -0.2) is 0 Å². The molecule has 0 amide bonds. The third-order valence-electron chi connectivity index (χ3n) is 9.05. The van der Waals surface area contributed by atoms with Crippen molar-refractivity contribution >= 4 is 17.5 Å². The molecular formula is C23H32O4. The molecule has 0 saturated heterocycles. The van der Waals surface area contributed by atoms with Crippen LogP contribution in [-0.4, -0.2) is 23.1 Å². The standard InChI is InChI=1S/C23H32O4/c1-14(24)23(27-15(2)25)12-9-20-18-6-5-16-13-17(26)7-10-21(16,3)19(18)8-11-22(20,23)4/h7,10,16,18-20H,5-6,8-9,11-13H2,1-4H3/t16?,18-,19+,20+,21+,22+,23+/m1/s1.